The van der Waals surface area contributed by atoms with E-state index in [1.54, 1.807) is 24.8 Å². The second-order valence-corrected chi connectivity index (χ2v) is 7.52. The van der Waals surface area contributed by atoms with Gasteiger partial charge in [0.1, 0.15) is 5.60 Å². The minimum absolute atomic E-state index is 0.226. The van der Waals surface area contributed by atoms with Gasteiger partial charge in [0.05, 0.1) is 23.8 Å². The molecule has 1 amide bonds. The summed E-state index contributed by atoms with van der Waals surface area (Å²) in [7, 11) is 0. The van der Waals surface area contributed by atoms with Gasteiger partial charge in [0.15, 0.2) is 0 Å². The molecule has 7 nitrogen and oxygen atoms in total. The van der Waals surface area contributed by atoms with Gasteiger partial charge in [0.2, 0.25) is 0 Å². The number of hydrogen-bond donors (Lipinski definition) is 1. The van der Waals surface area contributed by atoms with E-state index in [0.29, 0.717) is 12.5 Å². The summed E-state index contributed by atoms with van der Waals surface area (Å²) in [6, 6.07) is 0. The van der Waals surface area contributed by atoms with Crippen molar-refractivity contribution in [3.05, 3.63) is 30.5 Å². The Labute approximate surface area is 147 Å². The van der Waals surface area contributed by atoms with Crippen LogP contribution in [0.5, 0.6) is 0 Å². The molecule has 0 bridgehead atoms. The number of nitrogens with one attached hydrogen (secondary N) is 1. The fourth-order valence-corrected chi connectivity index (χ4v) is 3.05. The highest BCUT2D eigenvalue weighted by Crippen LogP contribution is 2.23. The molecule has 1 aliphatic rings. The van der Waals surface area contributed by atoms with E-state index in [9.17, 15) is 4.79 Å². The van der Waals surface area contributed by atoms with Gasteiger partial charge >= 0.3 is 6.09 Å². The number of piperidine rings is 1. The van der Waals surface area contributed by atoms with E-state index in [1.807, 2.05) is 25.7 Å². The Morgan fingerprint density at radius 2 is 2.20 bits per heavy atom. The SMILES string of the molecule is CC(C)(C)OC(=O)N1CCC[C@@H](Cc2cncc(-c3cn[nH]c3)n2)C1. The Balaban J connectivity index is 1.63. The first-order valence-electron chi connectivity index (χ1n) is 8.69. The van der Waals surface area contributed by atoms with Crippen LogP contribution >= 0.6 is 0 Å². The molecule has 1 atom stereocenters. The van der Waals surface area contributed by atoms with Crippen LogP contribution in [0.3, 0.4) is 0 Å². The fraction of sp³-hybridized carbons (Fsp3) is 0.556. The summed E-state index contributed by atoms with van der Waals surface area (Å²) in [5.74, 6) is 0.371. The molecule has 1 aliphatic heterocycles. The first-order chi connectivity index (χ1) is 11.9. The first kappa shape index (κ1) is 17.4. The fourth-order valence-electron chi connectivity index (χ4n) is 3.05. The van der Waals surface area contributed by atoms with Crippen LogP contribution in [0.1, 0.15) is 39.3 Å². The predicted molar refractivity (Wildman–Crippen MR) is 93.8 cm³/mol. The second-order valence-electron chi connectivity index (χ2n) is 7.52. The van der Waals surface area contributed by atoms with E-state index in [4.69, 9.17) is 4.74 Å². The van der Waals surface area contributed by atoms with Crippen LogP contribution in [-0.4, -0.2) is 49.8 Å². The molecule has 0 aliphatic carbocycles. The maximum atomic E-state index is 12.3. The van der Waals surface area contributed by atoms with Crippen molar-refractivity contribution in [3.8, 4) is 11.3 Å². The molecule has 1 saturated heterocycles. The summed E-state index contributed by atoms with van der Waals surface area (Å²) in [4.78, 5) is 23.1. The summed E-state index contributed by atoms with van der Waals surface area (Å²) in [5.41, 5.74) is 2.21. The molecule has 134 valence electrons. The third-order valence-corrected chi connectivity index (χ3v) is 4.15. The van der Waals surface area contributed by atoms with Crippen LogP contribution in [-0.2, 0) is 11.2 Å². The molecule has 0 saturated carbocycles. The molecule has 0 spiro atoms. The predicted octanol–water partition coefficient (Wildman–Crippen LogP) is 3.06. The molecular weight excluding hydrogens is 318 g/mol. The van der Waals surface area contributed by atoms with Crippen LogP contribution in [0, 0.1) is 5.92 Å². The second kappa shape index (κ2) is 7.21. The topological polar surface area (TPSA) is 84.0 Å². The van der Waals surface area contributed by atoms with Gasteiger partial charge in [-0.25, -0.2) is 9.78 Å². The number of H-pyrrole nitrogens is 1. The maximum absolute atomic E-state index is 12.3. The monoisotopic (exact) mass is 343 g/mol. The zero-order chi connectivity index (χ0) is 17.9. The van der Waals surface area contributed by atoms with Gasteiger partial charge in [-0.3, -0.25) is 10.1 Å². The highest BCUT2D eigenvalue weighted by atomic mass is 16.6. The Bertz CT molecular complexity index is 709. The van der Waals surface area contributed by atoms with Gasteiger partial charge in [-0.2, -0.15) is 5.10 Å². The number of nitrogens with zero attached hydrogens (tertiary/aromatic N) is 4. The maximum Gasteiger partial charge on any atom is 0.410 e. The molecule has 0 radical (unpaired) electrons. The summed E-state index contributed by atoms with van der Waals surface area (Å²) >= 11 is 0. The molecule has 2 aromatic heterocycles. The zero-order valence-electron chi connectivity index (χ0n) is 15.0. The normalized spacial score (nSPS) is 18.2. The number of ether oxygens (including phenoxy) is 1. The van der Waals surface area contributed by atoms with Crippen molar-refractivity contribution < 1.29 is 9.53 Å². The molecule has 3 heterocycles. The number of carbonyl (C=O) groups is 1. The Kier molecular flexibility index (Phi) is 5.01. The molecule has 25 heavy (non-hydrogen) atoms. The molecule has 1 N–H and O–H groups in total. The Morgan fingerprint density at radius 1 is 1.36 bits per heavy atom. The van der Waals surface area contributed by atoms with E-state index in [1.165, 1.54) is 0 Å². The van der Waals surface area contributed by atoms with Gasteiger partial charge in [0.25, 0.3) is 0 Å². The van der Waals surface area contributed by atoms with Crippen LogP contribution in [0.2, 0.25) is 0 Å². The number of aromatic nitrogens is 4. The van der Waals surface area contributed by atoms with Gasteiger partial charge in [0, 0.05) is 31.0 Å². The third-order valence-electron chi connectivity index (χ3n) is 4.15. The molecule has 0 aromatic carbocycles. The van der Waals surface area contributed by atoms with E-state index < -0.39 is 5.60 Å². The van der Waals surface area contributed by atoms with Crippen molar-refractivity contribution >= 4 is 6.09 Å². The smallest absolute Gasteiger partial charge is 0.410 e. The van der Waals surface area contributed by atoms with Crippen molar-refractivity contribution in [1.82, 2.24) is 25.1 Å². The highest BCUT2D eigenvalue weighted by molar-refractivity contribution is 5.68. The number of carbonyl (C=O) groups excluding carboxylic acids is 1. The largest absolute Gasteiger partial charge is 0.444 e. The lowest BCUT2D eigenvalue weighted by atomic mass is 9.93. The van der Waals surface area contributed by atoms with Gasteiger partial charge in [-0.15, -0.1) is 0 Å². The van der Waals surface area contributed by atoms with E-state index in [-0.39, 0.29) is 6.09 Å². The van der Waals surface area contributed by atoms with E-state index in [0.717, 1.165) is 42.8 Å². The number of likely N-dealkylation sites (tertiary alicyclic amines) is 1. The molecule has 3 rings (SSSR count). The summed E-state index contributed by atoms with van der Waals surface area (Å²) < 4.78 is 5.49. The van der Waals surface area contributed by atoms with Crippen molar-refractivity contribution in [2.24, 2.45) is 5.92 Å². The van der Waals surface area contributed by atoms with Gasteiger partial charge < -0.3 is 9.64 Å². The summed E-state index contributed by atoms with van der Waals surface area (Å²) in [6.07, 6.45) is 9.72. The molecule has 7 heteroatoms. The highest BCUT2D eigenvalue weighted by Gasteiger charge is 2.28. The lowest BCUT2D eigenvalue weighted by Gasteiger charge is -2.34. The lowest BCUT2D eigenvalue weighted by molar-refractivity contribution is 0.0165. The number of rotatable bonds is 3. The van der Waals surface area contributed by atoms with Crippen LogP contribution in [0.25, 0.3) is 11.3 Å². The van der Waals surface area contributed by atoms with Gasteiger partial charge in [-0.05, 0) is 46.0 Å². The molecular formula is C18H25N5O2. The number of amides is 1. The van der Waals surface area contributed by atoms with E-state index >= 15 is 0 Å². The standard InChI is InChI=1S/C18H25N5O2/c1-18(2,3)25-17(24)23-6-4-5-13(12-23)7-15-10-19-11-16(22-15)14-8-20-21-9-14/h8-11,13H,4-7,12H2,1-3H3,(H,20,21)/t13-/m0/s1. The number of aromatic amines is 1. The minimum Gasteiger partial charge on any atom is -0.444 e. The summed E-state index contributed by atoms with van der Waals surface area (Å²) in [6.45, 7) is 7.13. The molecule has 1 fully saturated rings. The lowest BCUT2D eigenvalue weighted by Crippen LogP contribution is -2.43. The van der Waals surface area contributed by atoms with Crippen molar-refractivity contribution in [2.45, 2.75) is 45.6 Å². The van der Waals surface area contributed by atoms with E-state index in [2.05, 4.69) is 20.2 Å². The van der Waals surface area contributed by atoms with Crippen LogP contribution in [0.4, 0.5) is 4.79 Å². The van der Waals surface area contributed by atoms with Crippen LogP contribution < -0.4 is 0 Å². The van der Waals surface area contributed by atoms with Crippen molar-refractivity contribution in [2.75, 3.05) is 13.1 Å². The average molecular weight is 343 g/mol. The van der Waals surface area contributed by atoms with Crippen molar-refractivity contribution in [1.29, 1.82) is 0 Å². The quantitative estimate of drug-likeness (QED) is 0.926. The molecule has 2 aromatic rings. The average Bonchev–Trinajstić information content (AvgIpc) is 3.08. The summed E-state index contributed by atoms with van der Waals surface area (Å²) in [5, 5.41) is 6.74. The Morgan fingerprint density at radius 3 is 2.92 bits per heavy atom. The molecule has 0 unspecified atom stereocenters. The minimum atomic E-state index is -0.464. The van der Waals surface area contributed by atoms with Crippen molar-refractivity contribution in [3.63, 3.8) is 0 Å². The Hall–Kier alpha value is -2.44. The van der Waals surface area contributed by atoms with Crippen LogP contribution in [0.15, 0.2) is 24.8 Å². The first-order valence-corrected chi connectivity index (χ1v) is 8.69. The van der Waals surface area contributed by atoms with Gasteiger partial charge in [-0.1, -0.05) is 0 Å². The number of hydrogen-bond acceptors (Lipinski definition) is 5. The third kappa shape index (κ3) is 4.78. The zero-order valence-corrected chi connectivity index (χ0v) is 15.0.